The van der Waals surface area contributed by atoms with E-state index >= 15 is 0 Å². The molecular weight excluding hydrogens is 376 g/mol. The number of carbonyl (C=O) groups is 2. The van der Waals surface area contributed by atoms with Crippen molar-refractivity contribution in [3.05, 3.63) is 46.1 Å². The van der Waals surface area contributed by atoms with Crippen LogP contribution in [0.3, 0.4) is 0 Å². The summed E-state index contributed by atoms with van der Waals surface area (Å²) < 4.78 is 5.31. The third-order valence-electron chi connectivity index (χ3n) is 4.83. The Morgan fingerprint density at radius 1 is 1.36 bits per heavy atom. The van der Waals surface area contributed by atoms with E-state index in [0.29, 0.717) is 16.1 Å². The molecule has 142 valence electrons. The van der Waals surface area contributed by atoms with Crippen molar-refractivity contribution in [2.24, 2.45) is 0 Å². The maximum Gasteiger partial charge on any atom is 0.338 e. The number of nitrogens with zero attached hydrogens (tertiary/aromatic N) is 2. The number of H-pyrrole nitrogens is 1. The summed E-state index contributed by atoms with van der Waals surface area (Å²) in [5.74, 6) is -1.05. The van der Waals surface area contributed by atoms with Crippen LogP contribution in [0, 0.1) is 11.3 Å². The number of ether oxygens (including phenoxy) is 1. The number of fused-ring (bicyclic) bond motifs is 2. The highest BCUT2D eigenvalue weighted by Crippen LogP contribution is 2.37. The Kier molecular flexibility index (Phi) is 4.84. The number of rotatable bonds is 4. The van der Waals surface area contributed by atoms with Crippen LogP contribution in [0.5, 0.6) is 0 Å². The molecule has 1 amide bonds. The third-order valence-corrected chi connectivity index (χ3v) is 6.04. The number of nitrogens with one attached hydrogen (secondary N) is 2. The first-order valence-corrected chi connectivity index (χ1v) is 9.88. The number of anilines is 1. The van der Waals surface area contributed by atoms with Crippen molar-refractivity contribution in [3.63, 3.8) is 0 Å². The highest BCUT2D eigenvalue weighted by atomic mass is 32.1. The topological polar surface area (TPSA) is 108 Å². The molecule has 0 spiro atoms. The second-order valence-electron chi connectivity index (χ2n) is 6.70. The highest BCUT2D eigenvalue weighted by molar-refractivity contribution is 7.16. The number of amides is 1. The van der Waals surface area contributed by atoms with Crippen LogP contribution in [0.15, 0.2) is 24.5 Å². The lowest BCUT2D eigenvalue weighted by Crippen LogP contribution is -2.30. The zero-order chi connectivity index (χ0) is 19.7. The molecule has 0 saturated heterocycles. The van der Waals surface area contributed by atoms with Gasteiger partial charge in [-0.3, -0.25) is 4.79 Å². The van der Waals surface area contributed by atoms with Gasteiger partial charge in [-0.25, -0.2) is 9.78 Å². The average molecular weight is 394 g/mol. The molecule has 8 heteroatoms. The molecule has 1 unspecified atom stereocenters. The van der Waals surface area contributed by atoms with Crippen LogP contribution in [0.25, 0.3) is 11.0 Å². The van der Waals surface area contributed by atoms with E-state index in [1.54, 1.807) is 24.5 Å². The van der Waals surface area contributed by atoms with Crippen molar-refractivity contribution in [1.29, 1.82) is 5.26 Å². The van der Waals surface area contributed by atoms with Crippen LogP contribution < -0.4 is 5.32 Å². The summed E-state index contributed by atoms with van der Waals surface area (Å²) >= 11 is 1.44. The molecule has 1 aromatic carbocycles. The number of nitriles is 1. The van der Waals surface area contributed by atoms with Crippen LogP contribution in [-0.4, -0.2) is 27.9 Å². The van der Waals surface area contributed by atoms with E-state index in [4.69, 9.17) is 4.74 Å². The summed E-state index contributed by atoms with van der Waals surface area (Å²) in [5.41, 5.74) is 3.38. The number of carbonyl (C=O) groups excluding carboxylic acids is 2. The van der Waals surface area contributed by atoms with Gasteiger partial charge in [0.15, 0.2) is 6.10 Å². The molecule has 1 aliphatic rings. The molecule has 0 radical (unpaired) electrons. The van der Waals surface area contributed by atoms with E-state index in [0.717, 1.165) is 47.2 Å². The van der Waals surface area contributed by atoms with Crippen LogP contribution >= 0.6 is 11.3 Å². The molecule has 0 saturated carbocycles. The number of benzene rings is 1. The van der Waals surface area contributed by atoms with E-state index in [-0.39, 0.29) is 0 Å². The van der Waals surface area contributed by atoms with Gasteiger partial charge in [-0.15, -0.1) is 11.3 Å². The van der Waals surface area contributed by atoms with Gasteiger partial charge in [0, 0.05) is 4.88 Å². The summed E-state index contributed by atoms with van der Waals surface area (Å²) in [5, 5.41) is 12.8. The minimum atomic E-state index is -0.990. The monoisotopic (exact) mass is 394 g/mol. The molecule has 1 atom stereocenters. The number of imidazole rings is 1. The SMILES string of the molecule is CC(OC(=O)c1ccc2nc[nH]c2c1)C(=O)Nc1sc2c(c1C#N)CCCC2. The fourth-order valence-electron chi connectivity index (χ4n) is 3.33. The maximum atomic E-state index is 12.5. The molecule has 28 heavy (non-hydrogen) atoms. The molecule has 1 aliphatic carbocycles. The Labute approximate surface area is 165 Å². The number of aryl methyl sites for hydroxylation is 1. The summed E-state index contributed by atoms with van der Waals surface area (Å²) in [6, 6.07) is 7.16. The smallest absolute Gasteiger partial charge is 0.338 e. The van der Waals surface area contributed by atoms with Gasteiger partial charge in [0.25, 0.3) is 5.91 Å². The lowest BCUT2D eigenvalue weighted by atomic mass is 9.96. The Hall–Kier alpha value is -3.18. The lowest BCUT2D eigenvalue weighted by Gasteiger charge is -2.13. The van der Waals surface area contributed by atoms with E-state index in [9.17, 15) is 14.9 Å². The van der Waals surface area contributed by atoms with E-state index in [1.807, 2.05) is 0 Å². The molecule has 7 nitrogen and oxygen atoms in total. The van der Waals surface area contributed by atoms with Gasteiger partial charge < -0.3 is 15.0 Å². The average Bonchev–Trinajstić information content (AvgIpc) is 3.30. The van der Waals surface area contributed by atoms with Crippen molar-refractivity contribution in [2.75, 3.05) is 5.32 Å². The van der Waals surface area contributed by atoms with Gasteiger partial charge in [-0.2, -0.15) is 5.26 Å². The van der Waals surface area contributed by atoms with E-state index < -0.39 is 18.0 Å². The summed E-state index contributed by atoms with van der Waals surface area (Å²) in [4.78, 5) is 33.1. The Morgan fingerprint density at radius 2 is 2.18 bits per heavy atom. The van der Waals surface area contributed by atoms with E-state index in [2.05, 4.69) is 21.4 Å². The Morgan fingerprint density at radius 3 is 3.00 bits per heavy atom. The zero-order valence-electron chi connectivity index (χ0n) is 15.2. The van der Waals surface area contributed by atoms with Crippen LogP contribution in [-0.2, 0) is 22.4 Å². The van der Waals surface area contributed by atoms with Crippen LogP contribution in [0.2, 0.25) is 0 Å². The Balaban J connectivity index is 1.45. The predicted octanol–water partition coefficient (Wildman–Crippen LogP) is 3.56. The minimum absolute atomic E-state index is 0.334. The zero-order valence-corrected chi connectivity index (χ0v) is 16.1. The van der Waals surface area contributed by atoms with Crippen LogP contribution in [0.1, 0.15) is 46.1 Å². The molecule has 2 aromatic heterocycles. The molecule has 2 heterocycles. The van der Waals surface area contributed by atoms with Gasteiger partial charge in [0.2, 0.25) is 0 Å². The fourth-order valence-corrected chi connectivity index (χ4v) is 4.57. The number of thiophene rings is 1. The number of aromatic amines is 1. The quantitative estimate of drug-likeness (QED) is 0.658. The van der Waals surface area contributed by atoms with Crippen molar-refractivity contribution in [1.82, 2.24) is 9.97 Å². The van der Waals surface area contributed by atoms with Gasteiger partial charge in [0.05, 0.1) is 28.5 Å². The molecular formula is C20H18N4O3S. The van der Waals surface area contributed by atoms with Crippen molar-refractivity contribution >= 4 is 39.2 Å². The number of hydrogen-bond acceptors (Lipinski definition) is 6. The standard InChI is InChI=1S/C20H18N4O3S/c1-11(27-20(26)12-6-7-15-16(8-12)23-10-22-15)18(25)24-19-14(9-21)13-4-2-3-5-17(13)28-19/h6-8,10-11H,2-5H2,1H3,(H,22,23)(H,24,25). The number of esters is 1. The number of aromatic nitrogens is 2. The van der Waals surface area contributed by atoms with Crippen LogP contribution in [0.4, 0.5) is 5.00 Å². The minimum Gasteiger partial charge on any atom is -0.449 e. The Bertz CT molecular complexity index is 1110. The normalized spacial score (nSPS) is 14.1. The highest BCUT2D eigenvalue weighted by Gasteiger charge is 2.25. The molecule has 3 aromatic rings. The van der Waals surface area contributed by atoms with Crippen molar-refractivity contribution < 1.29 is 14.3 Å². The summed E-state index contributed by atoms with van der Waals surface area (Å²) in [7, 11) is 0. The van der Waals surface area contributed by atoms with Gasteiger partial charge in [-0.1, -0.05) is 0 Å². The van der Waals surface area contributed by atoms with E-state index in [1.165, 1.54) is 18.3 Å². The summed E-state index contributed by atoms with van der Waals surface area (Å²) in [6.45, 7) is 1.52. The molecule has 0 bridgehead atoms. The van der Waals surface area contributed by atoms with Gasteiger partial charge in [0.1, 0.15) is 11.1 Å². The first-order chi connectivity index (χ1) is 13.6. The molecule has 0 aliphatic heterocycles. The lowest BCUT2D eigenvalue weighted by molar-refractivity contribution is -0.123. The fraction of sp³-hybridized carbons (Fsp3) is 0.300. The second kappa shape index (κ2) is 7.44. The first-order valence-electron chi connectivity index (χ1n) is 9.06. The first kappa shape index (κ1) is 18.2. The molecule has 4 rings (SSSR count). The van der Waals surface area contributed by atoms with Gasteiger partial charge >= 0.3 is 5.97 Å². The maximum absolute atomic E-state index is 12.5. The van der Waals surface area contributed by atoms with Crippen molar-refractivity contribution in [3.8, 4) is 6.07 Å². The largest absolute Gasteiger partial charge is 0.449 e. The summed E-state index contributed by atoms with van der Waals surface area (Å²) in [6.07, 6.45) is 4.51. The van der Waals surface area contributed by atoms with Crippen molar-refractivity contribution in [2.45, 2.75) is 38.7 Å². The predicted molar refractivity (Wildman–Crippen MR) is 105 cm³/mol. The molecule has 2 N–H and O–H groups in total. The second-order valence-corrected chi connectivity index (χ2v) is 7.80. The third kappa shape index (κ3) is 3.37. The number of hydrogen-bond donors (Lipinski definition) is 2. The molecule has 0 fully saturated rings. The van der Waals surface area contributed by atoms with Gasteiger partial charge in [-0.05, 0) is 56.4 Å².